The van der Waals surface area contributed by atoms with Gasteiger partial charge in [-0.1, -0.05) is 12.1 Å². The number of rotatable bonds is 6. The molecule has 5 nitrogen and oxygen atoms in total. The molecule has 1 heterocycles. The summed E-state index contributed by atoms with van der Waals surface area (Å²) in [5, 5.41) is 2.41. The van der Waals surface area contributed by atoms with Crippen LogP contribution in [0.4, 0.5) is 4.39 Å². The topological polar surface area (TPSA) is 62.3 Å². The summed E-state index contributed by atoms with van der Waals surface area (Å²) in [5.41, 5.74) is 1.20. The first-order valence-corrected chi connectivity index (χ1v) is 8.58. The standard InChI is InChI=1S/C13H16FN3O2S2/c1-17(2)21(18,19)15-8-7-10-9-20-13(16-10)11-5-3-4-6-12(11)14/h3-6,9,15H,7-8H2,1-2H3. The van der Waals surface area contributed by atoms with Crippen LogP contribution in [0.5, 0.6) is 0 Å². The molecule has 0 saturated heterocycles. The molecule has 0 amide bonds. The van der Waals surface area contributed by atoms with E-state index in [1.807, 2.05) is 5.38 Å². The molecule has 1 aromatic heterocycles. The van der Waals surface area contributed by atoms with Gasteiger partial charge in [0.05, 0.1) is 5.69 Å². The molecule has 0 fully saturated rings. The van der Waals surface area contributed by atoms with Crippen LogP contribution in [0, 0.1) is 5.82 Å². The van der Waals surface area contributed by atoms with E-state index in [9.17, 15) is 12.8 Å². The van der Waals surface area contributed by atoms with Gasteiger partial charge in [0.25, 0.3) is 10.2 Å². The Balaban J connectivity index is 2.00. The second-order valence-corrected chi connectivity index (χ2v) is 7.38. The van der Waals surface area contributed by atoms with Crippen molar-refractivity contribution in [2.75, 3.05) is 20.6 Å². The third kappa shape index (κ3) is 4.07. The van der Waals surface area contributed by atoms with Gasteiger partial charge >= 0.3 is 0 Å². The monoisotopic (exact) mass is 329 g/mol. The van der Waals surface area contributed by atoms with Gasteiger partial charge in [0.1, 0.15) is 10.8 Å². The van der Waals surface area contributed by atoms with E-state index in [2.05, 4.69) is 9.71 Å². The van der Waals surface area contributed by atoms with E-state index < -0.39 is 10.2 Å². The van der Waals surface area contributed by atoms with Crippen LogP contribution in [0.15, 0.2) is 29.6 Å². The lowest BCUT2D eigenvalue weighted by Gasteiger charge is -2.11. The molecule has 114 valence electrons. The van der Waals surface area contributed by atoms with E-state index >= 15 is 0 Å². The van der Waals surface area contributed by atoms with Crippen molar-refractivity contribution in [2.45, 2.75) is 6.42 Å². The third-order valence-corrected chi connectivity index (χ3v) is 5.26. The second-order valence-electron chi connectivity index (χ2n) is 4.56. The molecule has 1 aromatic carbocycles. The smallest absolute Gasteiger partial charge is 0.241 e. The number of hydrogen-bond donors (Lipinski definition) is 1. The molecule has 0 radical (unpaired) electrons. The molecular formula is C13H16FN3O2S2. The Morgan fingerprint density at radius 3 is 2.71 bits per heavy atom. The van der Waals surface area contributed by atoms with Gasteiger partial charge in [0.2, 0.25) is 0 Å². The molecule has 0 unspecified atom stereocenters. The highest BCUT2D eigenvalue weighted by atomic mass is 32.2. The van der Waals surface area contributed by atoms with Gasteiger partial charge in [0.15, 0.2) is 0 Å². The maximum atomic E-state index is 13.7. The highest BCUT2D eigenvalue weighted by Crippen LogP contribution is 2.26. The summed E-state index contributed by atoms with van der Waals surface area (Å²) >= 11 is 1.34. The quantitative estimate of drug-likeness (QED) is 0.880. The number of nitrogens with one attached hydrogen (secondary N) is 1. The first-order valence-electron chi connectivity index (χ1n) is 6.26. The number of hydrogen-bond acceptors (Lipinski definition) is 4. The first-order chi connectivity index (χ1) is 9.90. The van der Waals surface area contributed by atoms with Crippen LogP contribution in [0.1, 0.15) is 5.69 Å². The number of nitrogens with zero attached hydrogens (tertiary/aromatic N) is 2. The molecule has 0 atom stereocenters. The summed E-state index contributed by atoms with van der Waals surface area (Å²) in [6.45, 7) is 0.251. The Bertz CT molecular complexity index is 714. The lowest BCUT2D eigenvalue weighted by atomic mass is 10.2. The van der Waals surface area contributed by atoms with Crippen molar-refractivity contribution in [1.29, 1.82) is 0 Å². The van der Waals surface area contributed by atoms with Crippen molar-refractivity contribution in [1.82, 2.24) is 14.0 Å². The molecular weight excluding hydrogens is 313 g/mol. The number of thiazole rings is 1. The van der Waals surface area contributed by atoms with E-state index in [0.29, 0.717) is 17.0 Å². The fraction of sp³-hybridized carbons (Fsp3) is 0.308. The minimum Gasteiger partial charge on any atom is -0.241 e. The zero-order valence-corrected chi connectivity index (χ0v) is 13.3. The van der Waals surface area contributed by atoms with E-state index in [0.717, 1.165) is 10.00 Å². The van der Waals surface area contributed by atoms with Crippen LogP contribution >= 0.6 is 11.3 Å². The molecule has 21 heavy (non-hydrogen) atoms. The molecule has 0 aliphatic heterocycles. The van der Waals surface area contributed by atoms with Crippen LogP contribution in [-0.2, 0) is 16.6 Å². The van der Waals surface area contributed by atoms with Crippen LogP contribution < -0.4 is 4.72 Å². The summed E-state index contributed by atoms with van der Waals surface area (Å²) in [6.07, 6.45) is 0.456. The minimum atomic E-state index is -3.42. The molecule has 0 aliphatic rings. The number of benzene rings is 1. The number of halogens is 1. The second kappa shape index (κ2) is 6.61. The lowest BCUT2D eigenvalue weighted by molar-refractivity contribution is 0.506. The van der Waals surface area contributed by atoms with Crippen molar-refractivity contribution in [3.63, 3.8) is 0 Å². The highest BCUT2D eigenvalue weighted by Gasteiger charge is 2.13. The molecule has 0 aliphatic carbocycles. The lowest BCUT2D eigenvalue weighted by Crippen LogP contribution is -2.36. The van der Waals surface area contributed by atoms with Gasteiger partial charge in [-0.05, 0) is 12.1 Å². The van der Waals surface area contributed by atoms with Crippen LogP contribution in [0.2, 0.25) is 0 Å². The van der Waals surface area contributed by atoms with Gasteiger partial charge in [0, 0.05) is 38.0 Å². The van der Waals surface area contributed by atoms with Crippen LogP contribution in [-0.4, -0.2) is 38.3 Å². The fourth-order valence-corrected chi connectivity index (χ4v) is 3.12. The summed E-state index contributed by atoms with van der Waals surface area (Å²) in [7, 11) is -0.502. The maximum Gasteiger partial charge on any atom is 0.278 e. The molecule has 8 heteroatoms. The molecule has 1 N–H and O–H groups in total. The maximum absolute atomic E-state index is 13.7. The molecule has 0 bridgehead atoms. The van der Waals surface area contributed by atoms with Gasteiger partial charge < -0.3 is 0 Å². The molecule has 2 aromatic rings. The average Bonchev–Trinajstić information content (AvgIpc) is 2.87. The largest absolute Gasteiger partial charge is 0.278 e. The minimum absolute atomic E-state index is 0.251. The number of aromatic nitrogens is 1. The highest BCUT2D eigenvalue weighted by molar-refractivity contribution is 7.87. The van der Waals surface area contributed by atoms with Crippen molar-refractivity contribution < 1.29 is 12.8 Å². The van der Waals surface area contributed by atoms with Gasteiger partial charge in [-0.3, -0.25) is 0 Å². The zero-order valence-electron chi connectivity index (χ0n) is 11.7. The summed E-state index contributed by atoms with van der Waals surface area (Å²) in [6, 6.07) is 6.45. The van der Waals surface area contributed by atoms with Crippen molar-refractivity contribution in [2.24, 2.45) is 0 Å². The summed E-state index contributed by atoms with van der Waals surface area (Å²) in [5.74, 6) is -0.313. The van der Waals surface area contributed by atoms with E-state index in [4.69, 9.17) is 0 Å². The van der Waals surface area contributed by atoms with E-state index in [-0.39, 0.29) is 12.4 Å². The SMILES string of the molecule is CN(C)S(=O)(=O)NCCc1csc(-c2ccccc2F)n1. The third-order valence-electron chi connectivity index (χ3n) is 2.80. The summed E-state index contributed by atoms with van der Waals surface area (Å²) < 4.78 is 40.3. The molecule has 2 rings (SSSR count). The molecule has 0 saturated carbocycles. The van der Waals surface area contributed by atoms with E-state index in [1.165, 1.54) is 31.5 Å². The van der Waals surface area contributed by atoms with E-state index in [1.54, 1.807) is 18.2 Å². The molecule has 0 spiro atoms. The predicted octanol–water partition coefficient (Wildman–Crippen LogP) is 1.89. The Hall–Kier alpha value is -1.35. The first kappa shape index (κ1) is 16.0. The van der Waals surface area contributed by atoms with Crippen LogP contribution in [0.25, 0.3) is 10.6 Å². The van der Waals surface area contributed by atoms with Crippen molar-refractivity contribution >= 4 is 21.5 Å². The summed E-state index contributed by atoms with van der Waals surface area (Å²) in [4.78, 5) is 4.34. The van der Waals surface area contributed by atoms with Gasteiger partial charge in [-0.2, -0.15) is 12.7 Å². The Morgan fingerprint density at radius 1 is 1.33 bits per heavy atom. The van der Waals surface area contributed by atoms with Crippen LogP contribution in [0.3, 0.4) is 0 Å². The Labute approximate surface area is 127 Å². The normalized spacial score (nSPS) is 12.0. The average molecular weight is 329 g/mol. The Morgan fingerprint density at radius 2 is 2.05 bits per heavy atom. The zero-order chi connectivity index (χ0) is 15.5. The van der Waals surface area contributed by atoms with Gasteiger partial charge in [-0.15, -0.1) is 11.3 Å². The van der Waals surface area contributed by atoms with Gasteiger partial charge in [-0.25, -0.2) is 14.1 Å². The van der Waals surface area contributed by atoms with Crippen molar-refractivity contribution in [3.8, 4) is 10.6 Å². The van der Waals surface area contributed by atoms with Crippen molar-refractivity contribution in [3.05, 3.63) is 41.2 Å². The Kier molecular flexibility index (Phi) is 5.04. The predicted molar refractivity (Wildman–Crippen MR) is 81.8 cm³/mol. The fourth-order valence-electron chi connectivity index (χ4n) is 1.62.